The maximum atomic E-state index is 13.4. The minimum Gasteiger partial charge on any atom is -0.507 e. The van der Waals surface area contributed by atoms with Crippen LogP contribution in [-0.2, 0) is 16.4 Å². The Balaban J connectivity index is 2.20. The quantitative estimate of drug-likeness (QED) is 0.832. The number of phenols is 1. The van der Waals surface area contributed by atoms with E-state index in [2.05, 4.69) is 6.07 Å². The molecule has 2 aromatic rings. The van der Waals surface area contributed by atoms with Gasteiger partial charge in [-0.1, -0.05) is 6.07 Å². The molecule has 0 aliphatic carbocycles. The van der Waals surface area contributed by atoms with E-state index in [0.29, 0.717) is 5.69 Å². The minimum absolute atomic E-state index is 0.0105. The SMILES string of the molecule is CC(=O)c1cc(S(=O)(=O)N2c3cc(C)cc(C)c3CC[C@@H]2C)ccc1O. The summed E-state index contributed by atoms with van der Waals surface area (Å²) in [6.45, 7) is 7.15. The molecule has 0 aromatic heterocycles. The summed E-state index contributed by atoms with van der Waals surface area (Å²) in [6.07, 6.45) is 1.57. The van der Waals surface area contributed by atoms with Crippen molar-refractivity contribution >= 4 is 21.5 Å². The summed E-state index contributed by atoms with van der Waals surface area (Å²) in [5.74, 6) is -0.589. The lowest BCUT2D eigenvalue weighted by Gasteiger charge is -2.37. The molecule has 0 radical (unpaired) electrons. The molecule has 1 aliphatic heterocycles. The summed E-state index contributed by atoms with van der Waals surface area (Å²) < 4.78 is 28.3. The largest absolute Gasteiger partial charge is 0.507 e. The molecule has 1 heterocycles. The highest BCUT2D eigenvalue weighted by atomic mass is 32.2. The molecule has 0 amide bonds. The number of aromatic hydroxyl groups is 1. The summed E-state index contributed by atoms with van der Waals surface area (Å²) in [7, 11) is -3.86. The number of ketones is 1. The number of benzene rings is 2. The molecule has 5 nitrogen and oxygen atoms in total. The fraction of sp³-hybridized carbons (Fsp3) is 0.350. The number of rotatable bonds is 3. The lowest BCUT2D eigenvalue weighted by molar-refractivity contribution is 0.101. The van der Waals surface area contributed by atoms with Crippen LogP contribution < -0.4 is 4.31 Å². The third kappa shape index (κ3) is 2.98. The third-order valence-electron chi connectivity index (χ3n) is 4.95. The van der Waals surface area contributed by atoms with Gasteiger partial charge in [0.1, 0.15) is 5.75 Å². The molecule has 0 unspecified atom stereocenters. The zero-order valence-corrected chi connectivity index (χ0v) is 16.2. The summed E-state index contributed by atoms with van der Waals surface area (Å²) in [6, 6.07) is 7.65. The number of carbonyl (C=O) groups excluding carboxylic acids is 1. The first-order chi connectivity index (χ1) is 12.1. The van der Waals surface area contributed by atoms with Crippen LogP contribution in [0.4, 0.5) is 5.69 Å². The molecule has 3 rings (SSSR count). The second kappa shape index (κ2) is 6.43. The van der Waals surface area contributed by atoms with E-state index in [1.165, 1.54) is 29.4 Å². The molecule has 1 aliphatic rings. The van der Waals surface area contributed by atoms with Crippen LogP contribution >= 0.6 is 0 Å². The van der Waals surface area contributed by atoms with Gasteiger partial charge >= 0.3 is 0 Å². The van der Waals surface area contributed by atoms with Crippen molar-refractivity contribution in [2.75, 3.05) is 4.31 Å². The maximum absolute atomic E-state index is 13.4. The van der Waals surface area contributed by atoms with Crippen LogP contribution in [0, 0.1) is 13.8 Å². The van der Waals surface area contributed by atoms with Crippen molar-refractivity contribution in [2.24, 2.45) is 0 Å². The van der Waals surface area contributed by atoms with Crippen molar-refractivity contribution in [1.29, 1.82) is 0 Å². The fourth-order valence-corrected chi connectivity index (χ4v) is 5.38. The summed E-state index contributed by atoms with van der Waals surface area (Å²) in [5, 5.41) is 9.83. The second-order valence-electron chi connectivity index (χ2n) is 7.00. The van der Waals surface area contributed by atoms with E-state index in [1.54, 1.807) is 0 Å². The Morgan fingerprint density at radius 2 is 1.88 bits per heavy atom. The zero-order chi connectivity index (χ0) is 19.2. The molecular weight excluding hydrogens is 350 g/mol. The number of sulfonamides is 1. The number of nitrogens with zero attached hydrogens (tertiary/aromatic N) is 1. The van der Waals surface area contributed by atoms with Gasteiger partial charge in [0.05, 0.1) is 16.1 Å². The molecule has 26 heavy (non-hydrogen) atoms. The van der Waals surface area contributed by atoms with Gasteiger partial charge in [-0.05, 0) is 81.5 Å². The molecule has 6 heteroatoms. The molecule has 0 fully saturated rings. The molecule has 1 atom stereocenters. The van der Waals surface area contributed by atoms with Crippen molar-refractivity contribution in [2.45, 2.75) is 51.5 Å². The number of Topliss-reactive ketones (excluding diaryl/α,β-unsaturated/α-hetero) is 1. The predicted octanol–water partition coefficient (Wildman–Crippen LogP) is 3.74. The van der Waals surface area contributed by atoms with E-state index in [0.717, 1.165) is 29.5 Å². The van der Waals surface area contributed by atoms with Gasteiger partial charge in [0.15, 0.2) is 5.78 Å². The van der Waals surface area contributed by atoms with Gasteiger partial charge in [-0.25, -0.2) is 8.42 Å². The number of aryl methyl sites for hydroxylation is 2. The highest BCUT2D eigenvalue weighted by Crippen LogP contribution is 2.38. The summed E-state index contributed by atoms with van der Waals surface area (Å²) in [4.78, 5) is 11.7. The summed E-state index contributed by atoms with van der Waals surface area (Å²) in [5.41, 5.74) is 3.85. The molecule has 2 aromatic carbocycles. The number of fused-ring (bicyclic) bond motifs is 1. The van der Waals surface area contributed by atoms with E-state index in [4.69, 9.17) is 0 Å². The van der Waals surface area contributed by atoms with Gasteiger partial charge in [0, 0.05) is 6.04 Å². The molecule has 0 spiro atoms. The Morgan fingerprint density at radius 3 is 2.54 bits per heavy atom. The number of carbonyl (C=O) groups is 1. The smallest absolute Gasteiger partial charge is 0.264 e. The average Bonchev–Trinajstić information content (AvgIpc) is 2.53. The van der Waals surface area contributed by atoms with Crippen molar-refractivity contribution in [1.82, 2.24) is 0 Å². The number of anilines is 1. The van der Waals surface area contributed by atoms with E-state index in [-0.39, 0.29) is 28.0 Å². The van der Waals surface area contributed by atoms with Crippen LogP contribution in [0.5, 0.6) is 5.75 Å². The standard InChI is InChI=1S/C20H23NO4S/c1-12-9-13(2)17-7-5-14(3)21(19(17)10-12)26(24,25)16-6-8-20(23)18(11-16)15(4)22/h6,8-11,14,23H,5,7H2,1-4H3/t14-/m0/s1. The highest BCUT2D eigenvalue weighted by Gasteiger charge is 2.35. The maximum Gasteiger partial charge on any atom is 0.264 e. The third-order valence-corrected chi connectivity index (χ3v) is 6.87. The van der Waals surface area contributed by atoms with Gasteiger partial charge in [-0.3, -0.25) is 9.10 Å². The fourth-order valence-electron chi connectivity index (χ4n) is 3.64. The Kier molecular flexibility index (Phi) is 4.56. The van der Waals surface area contributed by atoms with Crippen molar-refractivity contribution in [3.8, 4) is 5.75 Å². The highest BCUT2D eigenvalue weighted by molar-refractivity contribution is 7.92. The first kappa shape index (κ1) is 18.5. The Morgan fingerprint density at radius 1 is 1.19 bits per heavy atom. The lowest BCUT2D eigenvalue weighted by Crippen LogP contribution is -2.42. The van der Waals surface area contributed by atoms with E-state index in [1.807, 2.05) is 26.8 Å². The molecular formula is C20H23NO4S. The van der Waals surface area contributed by atoms with E-state index in [9.17, 15) is 18.3 Å². The first-order valence-electron chi connectivity index (χ1n) is 8.61. The van der Waals surface area contributed by atoms with E-state index >= 15 is 0 Å². The molecule has 1 N–H and O–H groups in total. The van der Waals surface area contributed by atoms with Gasteiger partial charge in [0.2, 0.25) is 0 Å². The predicted molar refractivity (Wildman–Crippen MR) is 101 cm³/mol. The van der Waals surface area contributed by atoms with Gasteiger partial charge in [-0.15, -0.1) is 0 Å². The van der Waals surface area contributed by atoms with Crippen molar-refractivity contribution < 1.29 is 18.3 Å². The number of hydrogen-bond acceptors (Lipinski definition) is 4. The average molecular weight is 373 g/mol. The van der Waals surface area contributed by atoms with Crippen LogP contribution in [0.1, 0.15) is 47.3 Å². The summed E-state index contributed by atoms with van der Waals surface area (Å²) >= 11 is 0. The Bertz CT molecular complexity index is 995. The zero-order valence-electron chi connectivity index (χ0n) is 15.4. The van der Waals surface area contributed by atoms with Gasteiger partial charge < -0.3 is 5.11 Å². The van der Waals surface area contributed by atoms with E-state index < -0.39 is 10.0 Å². The molecule has 0 bridgehead atoms. The van der Waals surface area contributed by atoms with Crippen LogP contribution in [0.25, 0.3) is 0 Å². The topological polar surface area (TPSA) is 74.7 Å². The number of hydrogen-bond donors (Lipinski definition) is 1. The van der Waals surface area contributed by atoms with Crippen molar-refractivity contribution in [3.63, 3.8) is 0 Å². The van der Waals surface area contributed by atoms with Gasteiger partial charge in [0.25, 0.3) is 10.0 Å². The normalized spacial score (nSPS) is 17.1. The Labute approximate surface area is 154 Å². The molecule has 0 saturated carbocycles. The second-order valence-corrected chi connectivity index (χ2v) is 8.82. The molecule has 138 valence electrons. The first-order valence-corrected chi connectivity index (χ1v) is 10.1. The van der Waals surface area contributed by atoms with Crippen LogP contribution in [0.3, 0.4) is 0 Å². The monoisotopic (exact) mass is 373 g/mol. The van der Waals surface area contributed by atoms with Crippen LogP contribution in [-0.4, -0.2) is 25.3 Å². The van der Waals surface area contributed by atoms with Crippen molar-refractivity contribution in [3.05, 3.63) is 52.6 Å². The molecule has 0 saturated heterocycles. The lowest BCUT2D eigenvalue weighted by atomic mass is 9.93. The number of phenolic OH excluding ortho intramolecular Hbond substituents is 1. The van der Waals surface area contributed by atoms with Gasteiger partial charge in [-0.2, -0.15) is 0 Å². The van der Waals surface area contributed by atoms with Crippen LogP contribution in [0.2, 0.25) is 0 Å². The minimum atomic E-state index is -3.86. The Hall–Kier alpha value is -2.34. The van der Waals surface area contributed by atoms with Crippen LogP contribution in [0.15, 0.2) is 35.2 Å².